The minimum atomic E-state index is -0.376. The molecule has 0 aromatic heterocycles. The molecule has 1 aliphatic carbocycles. The van der Waals surface area contributed by atoms with E-state index in [1.54, 1.807) is 0 Å². The molecule has 202 valence electrons. The number of carbonyl (C=O) groups excluding carboxylic acids is 2. The fourth-order valence-corrected chi connectivity index (χ4v) is 5.88. The van der Waals surface area contributed by atoms with E-state index in [0.717, 1.165) is 69.9 Å². The van der Waals surface area contributed by atoms with Gasteiger partial charge in [-0.2, -0.15) is 4.99 Å². The number of rotatable bonds is 6. The van der Waals surface area contributed by atoms with Gasteiger partial charge in [-0.1, -0.05) is 12.1 Å². The van der Waals surface area contributed by atoms with Crippen LogP contribution in [0.25, 0.3) is 0 Å². The Morgan fingerprint density at radius 3 is 2.45 bits per heavy atom. The lowest BCUT2D eigenvalue weighted by Crippen LogP contribution is -2.44. The van der Waals surface area contributed by atoms with Gasteiger partial charge in [0.2, 0.25) is 5.91 Å². The number of nitrogens with zero attached hydrogens (tertiary/aromatic N) is 3. The van der Waals surface area contributed by atoms with Crippen LogP contribution in [0.15, 0.2) is 47.5 Å². The lowest BCUT2D eigenvalue weighted by Gasteiger charge is -2.36. The topological polar surface area (TPSA) is 77.0 Å². The third-order valence-electron chi connectivity index (χ3n) is 7.84. The van der Waals surface area contributed by atoms with Gasteiger partial charge in [-0.3, -0.25) is 14.5 Å². The minimum Gasteiger partial charge on any atom is -0.354 e. The third kappa shape index (κ3) is 6.13. The number of benzene rings is 2. The molecule has 0 spiro atoms. The Hall–Kier alpha value is -3.10. The van der Waals surface area contributed by atoms with Gasteiger partial charge in [0.25, 0.3) is 5.91 Å². The molecule has 7 nitrogen and oxygen atoms in total. The fraction of sp³-hybridized carbons (Fsp3) is 0.500. The monoisotopic (exact) mass is 519 g/mol. The van der Waals surface area contributed by atoms with E-state index < -0.39 is 0 Å². The second kappa shape index (κ2) is 11.7. The lowest BCUT2D eigenvalue weighted by atomic mass is 9.84. The zero-order valence-electron chi connectivity index (χ0n) is 22.4. The number of hydrogen-bond donors (Lipinski definition) is 2. The molecule has 0 atom stereocenters. The summed E-state index contributed by atoms with van der Waals surface area (Å²) in [5.74, 6) is 0.168. The van der Waals surface area contributed by atoms with E-state index in [1.165, 1.54) is 35.4 Å². The van der Waals surface area contributed by atoms with Crippen molar-refractivity contribution in [3.63, 3.8) is 0 Å². The standard InChI is InChI=1S/C30H38FN5O2/c1-20(2)33-29(37)23-7-11-26(12-8-23)36-27-17-21(19-35-15-13-32-14-16-35)3-4-24(27)18-28(36)34-30(38)22-5-9-25(31)10-6-22/h3-6,9-10,17,20,23,26,32H,7-8,11-16,18-19H2,1-2H3,(H,33,37). The van der Waals surface area contributed by atoms with Gasteiger partial charge in [-0.15, -0.1) is 0 Å². The largest absolute Gasteiger partial charge is 0.354 e. The quantitative estimate of drug-likeness (QED) is 0.605. The van der Waals surface area contributed by atoms with Gasteiger partial charge in [0.1, 0.15) is 11.7 Å². The summed E-state index contributed by atoms with van der Waals surface area (Å²) in [6, 6.07) is 12.5. The van der Waals surface area contributed by atoms with E-state index in [4.69, 9.17) is 0 Å². The lowest BCUT2D eigenvalue weighted by molar-refractivity contribution is -0.126. The van der Waals surface area contributed by atoms with Crippen LogP contribution in [0.3, 0.4) is 0 Å². The first-order chi connectivity index (χ1) is 18.4. The summed E-state index contributed by atoms with van der Waals surface area (Å²) < 4.78 is 13.4. The SMILES string of the molecule is CC(C)NC(=O)C1CCC(N2C(=NC(=O)c3ccc(F)cc3)Cc3ccc(CN4CCNCC4)cc32)CC1. The number of anilines is 1. The number of amidine groups is 1. The van der Waals surface area contributed by atoms with Crippen LogP contribution in [0.2, 0.25) is 0 Å². The molecule has 2 aromatic carbocycles. The van der Waals surface area contributed by atoms with Crippen LogP contribution in [0.4, 0.5) is 10.1 Å². The highest BCUT2D eigenvalue weighted by Gasteiger charge is 2.36. The Kier molecular flexibility index (Phi) is 8.19. The molecule has 2 aromatic rings. The molecule has 3 aliphatic rings. The zero-order chi connectivity index (χ0) is 26.6. The number of amides is 2. The van der Waals surface area contributed by atoms with Crippen molar-refractivity contribution in [1.29, 1.82) is 0 Å². The summed E-state index contributed by atoms with van der Waals surface area (Å²) in [7, 11) is 0. The maximum absolute atomic E-state index is 13.4. The van der Waals surface area contributed by atoms with Crippen molar-refractivity contribution in [3.05, 3.63) is 65.0 Å². The molecule has 2 fully saturated rings. The minimum absolute atomic E-state index is 0.0241. The smallest absolute Gasteiger partial charge is 0.278 e. The van der Waals surface area contributed by atoms with Crippen molar-refractivity contribution in [2.45, 2.75) is 64.6 Å². The Bertz CT molecular complexity index is 1180. The van der Waals surface area contributed by atoms with Crippen molar-refractivity contribution < 1.29 is 14.0 Å². The molecular formula is C30H38FN5O2. The van der Waals surface area contributed by atoms with E-state index >= 15 is 0 Å². The fourth-order valence-electron chi connectivity index (χ4n) is 5.88. The number of hydrogen-bond acceptors (Lipinski definition) is 4. The molecule has 2 aliphatic heterocycles. The molecular weight excluding hydrogens is 481 g/mol. The predicted octanol–water partition coefficient (Wildman–Crippen LogP) is 3.92. The number of aliphatic imine (C=N–C) groups is 1. The first kappa shape index (κ1) is 26.5. The van der Waals surface area contributed by atoms with Crippen LogP contribution in [0, 0.1) is 11.7 Å². The molecule has 38 heavy (non-hydrogen) atoms. The highest BCUT2D eigenvalue weighted by atomic mass is 19.1. The van der Waals surface area contributed by atoms with Crippen molar-refractivity contribution in [2.24, 2.45) is 10.9 Å². The summed E-state index contributed by atoms with van der Waals surface area (Å²) in [6.45, 7) is 8.95. The summed E-state index contributed by atoms with van der Waals surface area (Å²) in [4.78, 5) is 35.0. The van der Waals surface area contributed by atoms with Gasteiger partial charge in [-0.05, 0) is 81.0 Å². The molecule has 0 radical (unpaired) electrons. The van der Waals surface area contributed by atoms with E-state index in [2.05, 4.69) is 43.6 Å². The summed E-state index contributed by atoms with van der Waals surface area (Å²) in [5.41, 5.74) is 3.92. The van der Waals surface area contributed by atoms with Crippen LogP contribution in [0.1, 0.15) is 61.0 Å². The van der Waals surface area contributed by atoms with Crippen LogP contribution in [-0.4, -0.2) is 60.8 Å². The number of fused-ring (bicyclic) bond motifs is 1. The Balaban J connectivity index is 1.39. The van der Waals surface area contributed by atoms with Crippen molar-refractivity contribution >= 4 is 23.3 Å². The van der Waals surface area contributed by atoms with Crippen molar-refractivity contribution in [2.75, 3.05) is 31.1 Å². The maximum atomic E-state index is 13.4. The Morgan fingerprint density at radius 2 is 1.76 bits per heavy atom. The highest BCUT2D eigenvalue weighted by molar-refractivity contribution is 6.12. The number of nitrogens with one attached hydrogen (secondary N) is 2. The van der Waals surface area contributed by atoms with Gasteiger partial charge < -0.3 is 15.5 Å². The molecule has 0 bridgehead atoms. The Morgan fingerprint density at radius 1 is 1.05 bits per heavy atom. The number of piperazine rings is 1. The average molecular weight is 520 g/mol. The third-order valence-corrected chi connectivity index (χ3v) is 7.84. The van der Waals surface area contributed by atoms with Crippen LogP contribution >= 0.6 is 0 Å². The first-order valence-corrected chi connectivity index (χ1v) is 13.9. The van der Waals surface area contributed by atoms with E-state index in [1.807, 2.05) is 13.8 Å². The molecule has 2 amide bonds. The summed E-state index contributed by atoms with van der Waals surface area (Å²) in [6.07, 6.45) is 3.94. The average Bonchev–Trinajstić information content (AvgIpc) is 3.26. The maximum Gasteiger partial charge on any atom is 0.278 e. The first-order valence-electron chi connectivity index (χ1n) is 13.9. The molecule has 1 saturated heterocycles. The normalized spacial score (nSPS) is 23.1. The number of halogens is 1. The molecule has 2 heterocycles. The van der Waals surface area contributed by atoms with Gasteiger partial charge in [0.05, 0.1) is 0 Å². The van der Waals surface area contributed by atoms with Crippen LogP contribution in [0.5, 0.6) is 0 Å². The summed E-state index contributed by atoms with van der Waals surface area (Å²) >= 11 is 0. The van der Waals surface area contributed by atoms with Gasteiger partial charge in [0, 0.05) is 68.4 Å². The molecule has 8 heteroatoms. The second-order valence-corrected chi connectivity index (χ2v) is 11.0. The predicted molar refractivity (Wildman–Crippen MR) is 148 cm³/mol. The highest BCUT2D eigenvalue weighted by Crippen LogP contribution is 2.38. The van der Waals surface area contributed by atoms with Gasteiger partial charge >= 0.3 is 0 Å². The van der Waals surface area contributed by atoms with Crippen LogP contribution in [-0.2, 0) is 17.8 Å². The molecule has 0 unspecified atom stereocenters. The van der Waals surface area contributed by atoms with E-state index in [9.17, 15) is 14.0 Å². The van der Waals surface area contributed by atoms with Crippen molar-refractivity contribution in [1.82, 2.24) is 15.5 Å². The number of carbonyl (C=O) groups is 2. The van der Waals surface area contributed by atoms with E-state index in [-0.39, 0.29) is 35.6 Å². The Labute approximate surface area is 224 Å². The van der Waals surface area contributed by atoms with E-state index in [0.29, 0.717) is 12.0 Å². The van der Waals surface area contributed by atoms with Gasteiger partial charge in [0.15, 0.2) is 0 Å². The molecule has 5 rings (SSSR count). The second-order valence-electron chi connectivity index (χ2n) is 11.0. The summed E-state index contributed by atoms with van der Waals surface area (Å²) in [5, 5.41) is 6.47. The van der Waals surface area contributed by atoms with Crippen molar-refractivity contribution in [3.8, 4) is 0 Å². The van der Waals surface area contributed by atoms with Crippen LogP contribution < -0.4 is 15.5 Å². The molecule has 2 N–H and O–H groups in total. The zero-order valence-corrected chi connectivity index (χ0v) is 22.4. The molecule has 1 saturated carbocycles. The van der Waals surface area contributed by atoms with Gasteiger partial charge in [-0.25, -0.2) is 4.39 Å².